The lowest BCUT2D eigenvalue weighted by Crippen LogP contribution is -2.03. The van der Waals surface area contributed by atoms with E-state index in [2.05, 4.69) is 0 Å². The van der Waals surface area contributed by atoms with E-state index in [0.717, 1.165) is 0 Å². The Balaban J connectivity index is 2.66. The smallest absolute Gasteiger partial charge is 0.331 e. The molecule has 0 aromatic carbocycles. The van der Waals surface area contributed by atoms with Gasteiger partial charge in [0.25, 0.3) is 0 Å². The maximum absolute atomic E-state index is 10.3. The van der Waals surface area contributed by atoms with Crippen molar-refractivity contribution in [3.8, 4) is 0 Å². The minimum Gasteiger partial charge on any atom is -0.478 e. The van der Waals surface area contributed by atoms with Crippen LogP contribution in [0.4, 0.5) is 0 Å². The lowest BCUT2D eigenvalue weighted by atomic mass is 10.1. The molecule has 0 fully saturated rings. The van der Waals surface area contributed by atoms with Gasteiger partial charge in [-0.3, -0.25) is 0 Å². The largest absolute Gasteiger partial charge is 0.478 e. The number of carboxylic acid groups (broad SMARTS) is 2. The fourth-order valence-electron chi connectivity index (χ4n) is 0.818. The molecule has 4 nitrogen and oxygen atoms in total. The van der Waals surface area contributed by atoms with Crippen LogP contribution in [0.1, 0.15) is 6.42 Å². The summed E-state index contributed by atoms with van der Waals surface area (Å²) in [7, 11) is 0. The van der Waals surface area contributed by atoms with Crippen LogP contribution in [0.5, 0.6) is 0 Å². The van der Waals surface area contributed by atoms with Gasteiger partial charge in [0, 0.05) is 17.6 Å². The summed E-state index contributed by atoms with van der Waals surface area (Å²) in [6, 6.07) is 0. The van der Waals surface area contributed by atoms with Gasteiger partial charge in [-0.15, -0.1) is 0 Å². The molecule has 1 aliphatic carbocycles. The van der Waals surface area contributed by atoms with Crippen LogP contribution >= 0.6 is 0 Å². The first-order chi connectivity index (χ1) is 5.11. The highest BCUT2D eigenvalue weighted by Gasteiger charge is 2.18. The van der Waals surface area contributed by atoms with Crippen LogP contribution in [-0.2, 0) is 9.59 Å². The van der Waals surface area contributed by atoms with Crippen LogP contribution in [0.3, 0.4) is 0 Å². The number of allylic oxidation sites excluding steroid dienone is 2. The predicted octanol–water partition coefficient (Wildman–Crippen LogP) is 0.412. The minimum atomic E-state index is -1.06. The number of rotatable bonds is 2. The molecule has 0 saturated carbocycles. The Labute approximate surface area is 62.5 Å². The van der Waals surface area contributed by atoms with E-state index in [0.29, 0.717) is 0 Å². The minimum absolute atomic E-state index is 0.0185. The van der Waals surface area contributed by atoms with Crippen molar-refractivity contribution in [3.05, 3.63) is 23.3 Å². The summed E-state index contributed by atoms with van der Waals surface area (Å²) in [6.07, 6.45) is 2.64. The van der Waals surface area contributed by atoms with Gasteiger partial charge in [-0.25, -0.2) is 9.59 Å². The van der Waals surface area contributed by atoms with Crippen LogP contribution in [0.25, 0.3) is 0 Å². The summed E-state index contributed by atoms with van der Waals surface area (Å²) in [6.45, 7) is 0. The van der Waals surface area contributed by atoms with Crippen LogP contribution in [-0.4, -0.2) is 22.2 Å². The van der Waals surface area contributed by atoms with E-state index in [4.69, 9.17) is 10.2 Å². The van der Waals surface area contributed by atoms with Crippen molar-refractivity contribution in [1.82, 2.24) is 0 Å². The second kappa shape index (κ2) is 2.57. The third kappa shape index (κ3) is 1.46. The van der Waals surface area contributed by atoms with E-state index in [1.54, 1.807) is 0 Å². The predicted molar refractivity (Wildman–Crippen MR) is 36.1 cm³/mol. The highest BCUT2D eigenvalue weighted by molar-refractivity contribution is 5.95. The maximum atomic E-state index is 10.3. The van der Waals surface area contributed by atoms with Gasteiger partial charge in [0.1, 0.15) is 0 Å². The molecule has 0 unspecified atom stereocenters. The van der Waals surface area contributed by atoms with Crippen molar-refractivity contribution >= 4 is 11.9 Å². The number of aliphatic carboxylic acids is 2. The molecule has 0 spiro atoms. The zero-order valence-electron chi connectivity index (χ0n) is 5.57. The fraction of sp³-hybridized carbons (Fsp3) is 0.143. The maximum Gasteiger partial charge on any atom is 0.331 e. The summed E-state index contributed by atoms with van der Waals surface area (Å²) in [5, 5.41) is 16.8. The third-order valence-corrected chi connectivity index (χ3v) is 1.42. The Morgan fingerprint density at radius 2 is 1.45 bits per heavy atom. The molecule has 11 heavy (non-hydrogen) atoms. The molecule has 0 bridgehead atoms. The Bertz CT molecular complexity index is 244. The van der Waals surface area contributed by atoms with Gasteiger partial charge in [-0.1, -0.05) is 12.2 Å². The van der Waals surface area contributed by atoms with Crippen LogP contribution in [0.2, 0.25) is 0 Å². The molecule has 2 N–H and O–H groups in total. The van der Waals surface area contributed by atoms with Crippen molar-refractivity contribution in [3.63, 3.8) is 0 Å². The average molecular weight is 154 g/mol. The van der Waals surface area contributed by atoms with Gasteiger partial charge in [-0.05, 0) is 0 Å². The first kappa shape index (κ1) is 7.53. The summed E-state index contributed by atoms with van der Waals surface area (Å²) in [5.74, 6) is -2.12. The SMILES string of the molecule is O=C(O)C1=CC=C(C(=O)O)C1. The Hall–Kier alpha value is -1.58. The van der Waals surface area contributed by atoms with Crippen LogP contribution in [0.15, 0.2) is 23.3 Å². The van der Waals surface area contributed by atoms with Crippen LogP contribution in [0, 0.1) is 0 Å². The lowest BCUT2D eigenvalue weighted by Gasteiger charge is -1.93. The van der Waals surface area contributed by atoms with Gasteiger partial charge >= 0.3 is 11.9 Å². The summed E-state index contributed by atoms with van der Waals surface area (Å²) < 4.78 is 0. The second-order valence-corrected chi connectivity index (χ2v) is 2.17. The molecule has 0 aliphatic heterocycles. The summed E-state index contributed by atoms with van der Waals surface area (Å²) in [5.41, 5.74) is 0.254. The molecule has 0 saturated heterocycles. The van der Waals surface area contributed by atoms with E-state index in [-0.39, 0.29) is 17.6 Å². The molecule has 4 heteroatoms. The standard InChI is InChI=1S/C7H6O4/c8-6(9)4-1-2-5(3-4)7(10)11/h1-2H,3H2,(H,8,9)(H,10,11). The normalized spacial score (nSPS) is 15.6. The number of hydrogen-bond donors (Lipinski definition) is 2. The van der Waals surface area contributed by atoms with Gasteiger partial charge in [0.05, 0.1) is 0 Å². The van der Waals surface area contributed by atoms with E-state index in [9.17, 15) is 9.59 Å². The molecule has 0 amide bonds. The van der Waals surface area contributed by atoms with Crippen molar-refractivity contribution in [2.45, 2.75) is 6.42 Å². The molecular formula is C7H6O4. The summed E-state index contributed by atoms with van der Waals surface area (Å²) in [4.78, 5) is 20.6. The van der Waals surface area contributed by atoms with Gasteiger partial charge in [0.15, 0.2) is 0 Å². The third-order valence-electron chi connectivity index (χ3n) is 1.42. The van der Waals surface area contributed by atoms with Crippen molar-refractivity contribution < 1.29 is 19.8 Å². The van der Waals surface area contributed by atoms with Crippen molar-refractivity contribution in [2.75, 3.05) is 0 Å². The molecule has 1 aliphatic rings. The molecule has 0 radical (unpaired) electrons. The highest BCUT2D eigenvalue weighted by atomic mass is 16.4. The van der Waals surface area contributed by atoms with Crippen molar-refractivity contribution in [1.29, 1.82) is 0 Å². The van der Waals surface area contributed by atoms with E-state index in [1.807, 2.05) is 0 Å². The number of hydrogen-bond acceptors (Lipinski definition) is 2. The molecule has 0 aromatic heterocycles. The van der Waals surface area contributed by atoms with Gasteiger partial charge < -0.3 is 10.2 Å². The quantitative estimate of drug-likeness (QED) is 0.604. The molecular weight excluding hydrogens is 148 g/mol. The lowest BCUT2D eigenvalue weighted by molar-refractivity contribution is -0.132. The fourth-order valence-corrected chi connectivity index (χ4v) is 0.818. The topological polar surface area (TPSA) is 74.6 Å². The molecule has 0 aromatic rings. The molecule has 1 rings (SSSR count). The van der Waals surface area contributed by atoms with E-state index >= 15 is 0 Å². The second-order valence-electron chi connectivity index (χ2n) is 2.17. The number of carbonyl (C=O) groups is 2. The molecule has 0 atom stereocenters. The zero-order chi connectivity index (χ0) is 8.43. The van der Waals surface area contributed by atoms with Crippen molar-refractivity contribution in [2.24, 2.45) is 0 Å². The Morgan fingerprint density at radius 3 is 1.64 bits per heavy atom. The first-order valence-electron chi connectivity index (χ1n) is 2.97. The van der Waals surface area contributed by atoms with E-state index in [1.165, 1.54) is 12.2 Å². The monoisotopic (exact) mass is 154 g/mol. The van der Waals surface area contributed by atoms with Crippen LogP contribution < -0.4 is 0 Å². The van der Waals surface area contributed by atoms with Gasteiger partial charge in [0.2, 0.25) is 0 Å². The highest BCUT2D eigenvalue weighted by Crippen LogP contribution is 2.18. The Kier molecular flexibility index (Phi) is 1.76. The zero-order valence-corrected chi connectivity index (χ0v) is 5.57. The first-order valence-corrected chi connectivity index (χ1v) is 2.97. The Morgan fingerprint density at radius 1 is 1.09 bits per heavy atom. The molecule has 58 valence electrons. The van der Waals surface area contributed by atoms with E-state index < -0.39 is 11.9 Å². The number of carboxylic acids is 2. The van der Waals surface area contributed by atoms with Gasteiger partial charge in [-0.2, -0.15) is 0 Å². The summed E-state index contributed by atoms with van der Waals surface area (Å²) >= 11 is 0. The average Bonchev–Trinajstić information content (AvgIpc) is 2.33. The molecule has 0 heterocycles.